The molecule has 0 bridgehead atoms. The van der Waals surface area contributed by atoms with Crippen molar-refractivity contribution >= 4 is 5.78 Å². The van der Waals surface area contributed by atoms with Gasteiger partial charge in [-0.2, -0.15) is 0 Å². The van der Waals surface area contributed by atoms with Gasteiger partial charge in [0.2, 0.25) is 0 Å². The minimum Gasteiger partial charge on any atom is -0.300 e. The predicted molar refractivity (Wildman–Crippen MR) is 83.4 cm³/mol. The van der Waals surface area contributed by atoms with Crippen LogP contribution in [0.1, 0.15) is 103 Å². The Hall–Kier alpha value is -0.330. The van der Waals surface area contributed by atoms with Crippen LogP contribution in [0.25, 0.3) is 0 Å². The Labute approximate surface area is 120 Å². The summed E-state index contributed by atoms with van der Waals surface area (Å²) in [7, 11) is 0. The van der Waals surface area contributed by atoms with E-state index in [1.807, 2.05) is 0 Å². The SMILES string of the molecule is C[C@H]1CCCCCCCCCCCCCCC(=O)C1. The summed E-state index contributed by atoms with van der Waals surface area (Å²) in [5.74, 6) is 1.12. The van der Waals surface area contributed by atoms with Crippen molar-refractivity contribution in [3.05, 3.63) is 0 Å². The largest absolute Gasteiger partial charge is 0.300 e. The van der Waals surface area contributed by atoms with Crippen molar-refractivity contribution in [2.75, 3.05) is 0 Å². The molecule has 1 aliphatic carbocycles. The van der Waals surface area contributed by atoms with E-state index in [0.717, 1.165) is 19.3 Å². The van der Waals surface area contributed by atoms with Gasteiger partial charge in [0, 0.05) is 12.8 Å². The number of hydrogen-bond acceptors (Lipinski definition) is 1. The smallest absolute Gasteiger partial charge is 0.133 e. The van der Waals surface area contributed by atoms with Crippen LogP contribution in [0, 0.1) is 5.92 Å². The first-order valence-electron chi connectivity index (χ1n) is 8.81. The van der Waals surface area contributed by atoms with Crippen molar-refractivity contribution in [2.24, 2.45) is 5.92 Å². The fraction of sp³-hybridized carbons (Fsp3) is 0.944. The Kier molecular flexibility index (Phi) is 10.1. The minimum absolute atomic E-state index is 0.511. The van der Waals surface area contributed by atoms with Gasteiger partial charge in [0.1, 0.15) is 5.78 Å². The second-order valence-corrected chi connectivity index (χ2v) is 6.63. The van der Waals surface area contributed by atoms with E-state index in [0.29, 0.717) is 11.7 Å². The molecule has 0 saturated heterocycles. The Morgan fingerprint density at radius 2 is 1.11 bits per heavy atom. The van der Waals surface area contributed by atoms with Crippen LogP contribution in [-0.4, -0.2) is 5.78 Å². The molecule has 0 radical (unpaired) electrons. The lowest BCUT2D eigenvalue weighted by atomic mass is 9.95. The van der Waals surface area contributed by atoms with Crippen LogP contribution in [0.2, 0.25) is 0 Å². The summed E-state index contributed by atoms with van der Waals surface area (Å²) in [4.78, 5) is 11.8. The summed E-state index contributed by atoms with van der Waals surface area (Å²) in [5, 5.41) is 0. The van der Waals surface area contributed by atoms with Gasteiger partial charge >= 0.3 is 0 Å². The molecule has 0 amide bonds. The molecular formula is C18H34O. The zero-order chi connectivity index (χ0) is 13.8. The van der Waals surface area contributed by atoms with Crippen LogP contribution in [0.3, 0.4) is 0 Å². The van der Waals surface area contributed by atoms with Crippen molar-refractivity contribution in [3.63, 3.8) is 0 Å². The summed E-state index contributed by atoms with van der Waals surface area (Å²) < 4.78 is 0. The molecule has 0 spiro atoms. The van der Waals surface area contributed by atoms with Gasteiger partial charge < -0.3 is 0 Å². The first-order chi connectivity index (χ1) is 9.29. The number of ketones is 1. The molecule has 0 N–H and O–H groups in total. The average Bonchev–Trinajstić information content (AvgIpc) is 2.38. The lowest BCUT2D eigenvalue weighted by Gasteiger charge is -2.10. The van der Waals surface area contributed by atoms with Gasteiger partial charge in [0.15, 0.2) is 0 Å². The highest BCUT2D eigenvalue weighted by Crippen LogP contribution is 2.18. The molecule has 1 rings (SSSR count). The number of rotatable bonds is 0. The van der Waals surface area contributed by atoms with Crippen LogP contribution in [0.4, 0.5) is 0 Å². The third-order valence-electron chi connectivity index (χ3n) is 4.48. The Morgan fingerprint density at radius 3 is 1.63 bits per heavy atom. The summed E-state index contributed by atoms with van der Waals surface area (Å²) in [5.41, 5.74) is 0. The Bertz CT molecular complexity index is 222. The first-order valence-corrected chi connectivity index (χ1v) is 8.81. The van der Waals surface area contributed by atoms with E-state index in [-0.39, 0.29) is 0 Å². The molecule has 1 fully saturated rings. The topological polar surface area (TPSA) is 17.1 Å². The molecule has 0 heterocycles. The summed E-state index contributed by atoms with van der Waals surface area (Å²) in [6.07, 6.45) is 19.3. The van der Waals surface area contributed by atoms with Crippen LogP contribution in [0.15, 0.2) is 0 Å². The molecular weight excluding hydrogens is 232 g/mol. The summed E-state index contributed by atoms with van der Waals surface area (Å²) in [6.45, 7) is 2.26. The second-order valence-electron chi connectivity index (χ2n) is 6.63. The second kappa shape index (κ2) is 11.5. The van der Waals surface area contributed by atoms with Gasteiger partial charge in [-0.15, -0.1) is 0 Å². The standard InChI is InChI=1S/C18H34O/c1-17-14-12-10-8-6-4-2-3-5-7-9-11-13-15-18(19)16-17/h17H,2-16H2,1H3/t17-/m0/s1. The minimum atomic E-state index is 0.511. The fourth-order valence-corrected chi connectivity index (χ4v) is 3.18. The quantitative estimate of drug-likeness (QED) is 0.521. The van der Waals surface area contributed by atoms with E-state index in [1.54, 1.807) is 0 Å². The molecule has 1 saturated carbocycles. The van der Waals surface area contributed by atoms with E-state index in [4.69, 9.17) is 0 Å². The maximum Gasteiger partial charge on any atom is 0.133 e. The fourth-order valence-electron chi connectivity index (χ4n) is 3.18. The third-order valence-corrected chi connectivity index (χ3v) is 4.48. The monoisotopic (exact) mass is 266 g/mol. The normalized spacial score (nSPS) is 26.8. The highest BCUT2D eigenvalue weighted by Gasteiger charge is 2.09. The van der Waals surface area contributed by atoms with E-state index in [2.05, 4.69) is 6.92 Å². The van der Waals surface area contributed by atoms with E-state index in [1.165, 1.54) is 77.0 Å². The summed E-state index contributed by atoms with van der Waals surface area (Å²) >= 11 is 0. The molecule has 0 aromatic carbocycles. The number of Topliss-reactive ketones (excluding diaryl/α,β-unsaturated/α-hetero) is 1. The number of carbonyl (C=O) groups excluding carboxylic acids is 1. The van der Waals surface area contributed by atoms with Gasteiger partial charge in [0.05, 0.1) is 0 Å². The van der Waals surface area contributed by atoms with Crippen LogP contribution < -0.4 is 0 Å². The van der Waals surface area contributed by atoms with E-state index >= 15 is 0 Å². The highest BCUT2D eigenvalue weighted by atomic mass is 16.1. The molecule has 112 valence electrons. The summed E-state index contributed by atoms with van der Waals surface area (Å²) in [6, 6.07) is 0. The van der Waals surface area contributed by atoms with Crippen molar-refractivity contribution in [1.82, 2.24) is 0 Å². The van der Waals surface area contributed by atoms with Gasteiger partial charge in [0.25, 0.3) is 0 Å². The van der Waals surface area contributed by atoms with Crippen molar-refractivity contribution in [3.8, 4) is 0 Å². The van der Waals surface area contributed by atoms with Crippen molar-refractivity contribution < 1.29 is 4.79 Å². The maximum absolute atomic E-state index is 11.8. The lowest BCUT2D eigenvalue weighted by Crippen LogP contribution is -2.05. The first kappa shape index (κ1) is 16.7. The van der Waals surface area contributed by atoms with Crippen LogP contribution >= 0.6 is 0 Å². The maximum atomic E-state index is 11.8. The van der Waals surface area contributed by atoms with Crippen molar-refractivity contribution in [1.29, 1.82) is 0 Å². The zero-order valence-electron chi connectivity index (χ0n) is 13.1. The third kappa shape index (κ3) is 10.2. The van der Waals surface area contributed by atoms with E-state index < -0.39 is 0 Å². The molecule has 0 aromatic heterocycles. The van der Waals surface area contributed by atoms with Crippen LogP contribution in [0.5, 0.6) is 0 Å². The zero-order valence-corrected chi connectivity index (χ0v) is 13.1. The van der Waals surface area contributed by atoms with Gasteiger partial charge in [-0.25, -0.2) is 0 Å². The molecule has 0 unspecified atom stereocenters. The van der Waals surface area contributed by atoms with E-state index in [9.17, 15) is 4.79 Å². The Morgan fingerprint density at radius 1 is 0.684 bits per heavy atom. The molecule has 0 aliphatic heterocycles. The average molecular weight is 266 g/mol. The van der Waals surface area contributed by atoms with Gasteiger partial charge in [-0.3, -0.25) is 4.79 Å². The molecule has 1 nitrogen and oxygen atoms in total. The van der Waals surface area contributed by atoms with Crippen LogP contribution in [-0.2, 0) is 4.79 Å². The van der Waals surface area contributed by atoms with Crippen molar-refractivity contribution in [2.45, 2.75) is 103 Å². The molecule has 19 heavy (non-hydrogen) atoms. The highest BCUT2D eigenvalue weighted by molar-refractivity contribution is 5.78. The molecule has 1 heteroatoms. The Balaban J connectivity index is 2.21. The molecule has 1 aliphatic rings. The predicted octanol–water partition coefficient (Wildman–Crippen LogP) is 6.06. The lowest BCUT2D eigenvalue weighted by molar-refractivity contribution is -0.120. The number of carbonyl (C=O) groups is 1. The number of hydrogen-bond donors (Lipinski definition) is 0. The molecule has 1 atom stereocenters. The van der Waals surface area contributed by atoms with Gasteiger partial charge in [-0.1, -0.05) is 84.0 Å². The molecule has 0 aromatic rings. The van der Waals surface area contributed by atoms with Gasteiger partial charge in [-0.05, 0) is 12.3 Å².